The predicted octanol–water partition coefficient (Wildman–Crippen LogP) is -0.469. The summed E-state index contributed by atoms with van der Waals surface area (Å²) in [5.41, 5.74) is 0. The molecule has 0 fully saturated rings. The summed E-state index contributed by atoms with van der Waals surface area (Å²) in [5.74, 6) is -0.513. The molecule has 0 saturated carbocycles. The Balaban J connectivity index is 3.52. The number of ether oxygens (including phenoxy) is 5. The molecule has 0 heterocycles. The SMILES string of the molecule is CCCC(=O)OCCOCCOCCOCCOC(=O)CCN(CCO)CCN(C)CCO. The van der Waals surface area contributed by atoms with Crippen molar-refractivity contribution in [2.24, 2.45) is 0 Å². The van der Waals surface area contributed by atoms with Crippen molar-refractivity contribution in [2.75, 3.05) is 106 Å². The topological polar surface area (TPSA) is 127 Å². The van der Waals surface area contributed by atoms with Gasteiger partial charge in [-0.15, -0.1) is 0 Å². The summed E-state index contributed by atoms with van der Waals surface area (Å²) in [6.45, 7) is 7.76. The van der Waals surface area contributed by atoms with Gasteiger partial charge in [0.2, 0.25) is 0 Å². The lowest BCUT2D eigenvalue weighted by Crippen LogP contribution is -2.37. The fourth-order valence-corrected chi connectivity index (χ4v) is 2.64. The Labute approximate surface area is 197 Å². The van der Waals surface area contributed by atoms with E-state index in [1.807, 2.05) is 23.8 Å². The number of likely N-dealkylation sites (N-methyl/N-ethyl adjacent to an activating group) is 1. The van der Waals surface area contributed by atoms with E-state index in [1.165, 1.54) is 0 Å². The standard InChI is InChI=1S/C22H44N2O9/c1-3-4-21(27)32-19-17-30-15-13-29-14-16-31-18-20-33-22(28)5-6-24(10-12-26)8-7-23(2)9-11-25/h25-26H,3-20H2,1-2H3. The summed E-state index contributed by atoms with van der Waals surface area (Å²) in [5, 5.41) is 18.1. The Kier molecular flexibility index (Phi) is 22.8. The van der Waals surface area contributed by atoms with E-state index in [1.54, 1.807) is 0 Å². The quantitative estimate of drug-likeness (QED) is 0.137. The maximum absolute atomic E-state index is 11.9. The molecule has 0 atom stereocenters. The van der Waals surface area contributed by atoms with E-state index in [0.717, 1.165) is 13.0 Å². The molecule has 196 valence electrons. The molecule has 0 aliphatic heterocycles. The van der Waals surface area contributed by atoms with Crippen LogP contribution in [0.25, 0.3) is 0 Å². The highest BCUT2D eigenvalue weighted by Crippen LogP contribution is 1.96. The Bertz CT molecular complexity index is 469. The summed E-state index contributed by atoms with van der Waals surface area (Å²) >= 11 is 0. The Morgan fingerprint density at radius 3 is 1.61 bits per heavy atom. The average molecular weight is 481 g/mol. The van der Waals surface area contributed by atoms with Crippen LogP contribution in [0, 0.1) is 0 Å². The number of carbonyl (C=O) groups excluding carboxylic acids is 2. The van der Waals surface area contributed by atoms with E-state index in [2.05, 4.69) is 0 Å². The molecule has 2 N–H and O–H groups in total. The molecule has 0 aliphatic carbocycles. The first kappa shape index (κ1) is 31.7. The summed E-state index contributed by atoms with van der Waals surface area (Å²) < 4.78 is 26.1. The number of aliphatic hydroxyl groups excluding tert-OH is 2. The lowest BCUT2D eigenvalue weighted by molar-refractivity contribution is -0.146. The average Bonchev–Trinajstić information content (AvgIpc) is 2.79. The van der Waals surface area contributed by atoms with Crippen LogP contribution in [-0.4, -0.2) is 138 Å². The molecule has 0 radical (unpaired) electrons. The molecule has 0 rings (SSSR count). The smallest absolute Gasteiger partial charge is 0.307 e. The van der Waals surface area contributed by atoms with Crippen LogP contribution >= 0.6 is 0 Å². The highest BCUT2D eigenvalue weighted by Gasteiger charge is 2.10. The maximum Gasteiger partial charge on any atom is 0.307 e. The molecule has 11 nitrogen and oxygen atoms in total. The number of carbonyl (C=O) groups is 2. The molecule has 0 aromatic heterocycles. The van der Waals surface area contributed by atoms with Gasteiger partial charge in [-0.25, -0.2) is 0 Å². The second kappa shape index (κ2) is 23.8. The zero-order chi connectivity index (χ0) is 24.6. The minimum atomic E-state index is -0.306. The van der Waals surface area contributed by atoms with Gasteiger partial charge in [-0.2, -0.15) is 0 Å². The number of nitrogens with zero attached hydrogens (tertiary/aromatic N) is 2. The fraction of sp³-hybridized carbons (Fsp3) is 0.909. The van der Waals surface area contributed by atoms with E-state index in [0.29, 0.717) is 72.2 Å². The molecule has 0 amide bonds. The van der Waals surface area contributed by atoms with Crippen LogP contribution in [0.2, 0.25) is 0 Å². The number of esters is 2. The van der Waals surface area contributed by atoms with Crippen LogP contribution in [0.3, 0.4) is 0 Å². The summed E-state index contributed by atoms with van der Waals surface area (Å²) in [7, 11) is 1.91. The summed E-state index contributed by atoms with van der Waals surface area (Å²) in [6, 6.07) is 0. The van der Waals surface area contributed by atoms with Crippen molar-refractivity contribution in [3.8, 4) is 0 Å². The molecule has 0 aromatic rings. The van der Waals surface area contributed by atoms with Crippen molar-refractivity contribution in [2.45, 2.75) is 26.2 Å². The third kappa shape index (κ3) is 22.2. The van der Waals surface area contributed by atoms with E-state index in [4.69, 9.17) is 28.8 Å². The van der Waals surface area contributed by atoms with Crippen molar-refractivity contribution in [1.82, 2.24) is 9.80 Å². The molecule has 0 aromatic carbocycles. The van der Waals surface area contributed by atoms with Gasteiger partial charge in [0.1, 0.15) is 13.2 Å². The van der Waals surface area contributed by atoms with Gasteiger partial charge >= 0.3 is 11.9 Å². The van der Waals surface area contributed by atoms with Crippen LogP contribution in [0.15, 0.2) is 0 Å². The highest BCUT2D eigenvalue weighted by atomic mass is 16.6. The van der Waals surface area contributed by atoms with Crippen molar-refractivity contribution < 1.29 is 43.5 Å². The lowest BCUT2D eigenvalue weighted by Gasteiger charge is -2.24. The van der Waals surface area contributed by atoms with Gasteiger partial charge in [-0.1, -0.05) is 6.92 Å². The Morgan fingerprint density at radius 1 is 0.636 bits per heavy atom. The predicted molar refractivity (Wildman–Crippen MR) is 122 cm³/mol. The number of rotatable bonds is 24. The lowest BCUT2D eigenvalue weighted by atomic mass is 10.3. The second-order valence-corrected chi connectivity index (χ2v) is 7.37. The number of hydrogen-bond acceptors (Lipinski definition) is 11. The molecular formula is C22H44N2O9. The van der Waals surface area contributed by atoms with Crippen LogP contribution in [0.4, 0.5) is 0 Å². The van der Waals surface area contributed by atoms with E-state index >= 15 is 0 Å². The third-order valence-electron chi connectivity index (χ3n) is 4.51. The van der Waals surface area contributed by atoms with Gasteiger partial charge < -0.3 is 38.8 Å². The number of hydrogen-bond donors (Lipinski definition) is 2. The van der Waals surface area contributed by atoms with Crippen molar-refractivity contribution in [3.05, 3.63) is 0 Å². The highest BCUT2D eigenvalue weighted by molar-refractivity contribution is 5.69. The normalized spacial score (nSPS) is 11.3. The fourth-order valence-electron chi connectivity index (χ4n) is 2.64. The third-order valence-corrected chi connectivity index (χ3v) is 4.51. The minimum Gasteiger partial charge on any atom is -0.463 e. The Morgan fingerprint density at radius 2 is 1.12 bits per heavy atom. The van der Waals surface area contributed by atoms with E-state index < -0.39 is 0 Å². The van der Waals surface area contributed by atoms with Gasteiger partial charge in [0, 0.05) is 39.1 Å². The van der Waals surface area contributed by atoms with Crippen molar-refractivity contribution in [1.29, 1.82) is 0 Å². The molecule has 33 heavy (non-hydrogen) atoms. The van der Waals surface area contributed by atoms with Crippen LogP contribution in [0.1, 0.15) is 26.2 Å². The van der Waals surface area contributed by atoms with Gasteiger partial charge in [0.25, 0.3) is 0 Å². The van der Waals surface area contributed by atoms with Gasteiger partial charge in [0.15, 0.2) is 0 Å². The largest absolute Gasteiger partial charge is 0.463 e. The molecule has 0 aliphatic rings. The Hall–Kier alpha value is -1.34. The monoisotopic (exact) mass is 480 g/mol. The van der Waals surface area contributed by atoms with E-state index in [9.17, 15) is 14.7 Å². The molecular weight excluding hydrogens is 436 g/mol. The van der Waals surface area contributed by atoms with Gasteiger partial charge in [-0.3, -0.25) is 14.5 Å². The molecule has 0 spiro atoms. The molecule has 0 bridgehead atoms. The van der Waals surface area contributed by atoms with Crippen LogP contribution in [0.5, 0.6) is 0 Å². The molecule has 0 unspecified atom stereocenters. The number of aliphatic hydroxyl groups is 2. The van der Waals surface area contributed by atoms with Crippen LogP contribution < -0.4 is 0 Å². The van der Waals surface area contributed by atoms with Crippen molar-refractivity contribution >= 4 is 11.9 Å². The summed E-state index contributed by atoms with van der Waals surface area (Å²) in [4.78, 5) is 27.0. The zero-order valence-corrected chi connectivity index (χ0v) is 20.4. The van der Waals surface area contributed by atoms with E-state index in [-0.39, 0.29) is 44.8 Å². The van der Waals surface area contributed by atoms with Crippen LogP contribution in [-0.2, 0) is 33.3 Å². The van der Waals surface area contributed by atoms with Gasteiger partial charge in [-0.05, 0) is 13.5 Å². The van der Waals surface area contributed by atoms with Crippen molar-refractivity contribution in [3.63, 3.8) is 0 Å². The molecule has 0 saturated heterocycles. The first-order valence-electron chi connectivity index (χ1n) is 11.7. The first-order valence-corrected chi connectivity index (χ1v) is 11.7. The maximum atomic E-state index is 11.9. The second-order valence-electron chi connectivity index (χ2n) is 7.37. The van der Waals surface area contributed by atoms with Gasteiger partial charge in [0.05, 0.1) is 59.3 Å². The zero-order valence-electron chi connectivity index (χ0n) is 20.4. The first-order chi connectivity index (χ1) is 16.0. The molecule has 11 heteroatoms. The summed E-state index contributed by atoms with van der Waals surface area (Å²) in [6.07, 6.45) is 1.44. The minimum absolute atomic E-state index is 0.0231.